The van der Waals surface area contributed by atoms with E-state index in [1.807, 2.05) is 4.90 Å². The number of aromatic nitrogens is 1. The molecule has 0 aliphatic carbocycles. The van der Waals surface area contributed by atoms with Gasteiger partial charge < -0.3 is 14.8 Å². The van der Waals surface area contributed by atoms with Gasteiger partial charge in [-0.1, -0.05) is 17.9 Å². The molecule has 40 heavy (non-hydrogen) atoms. The number of rotatable bonds is 8. The molecule has 2 amide bonds. The third kappa shape index (κ3) is 7.65. The fourth-order valence-corrected chi connectivity index (χ4v) is 5.63. The van der Waals surface area contributed by atoms with Crippen molar-refractivity contribution in [1.82, 2.24) is 9.88 Å². The number of carboxylic acid groups (broad SMARTS) is 1. The number of carbonyl (C=O) groups is 3. The first-order valence-corrected chi connectivity index (χ1v) is 14.8. The molecular weight excluding hydrogens is 532 g/mol. The summed E-state index contributed by atoms with van der Waals surface area (Å²) >= 11 is 0. The third-order valence-electron chi connectivity index (χ3n) is 6.42. The molecule has 2 aromatic heterocycles. The van der Waals surface area contributed by atoms with Gasteiger partial charge in [0.25, 0.3) is 11.8 Å². The van der Waals surface area contributed by atoms with Crippen LogP contribution in [0.15, 0.2) is 63.8 Å². The lowest BCUT2D eigenvalue weighted by molar-refractivity contribution is -0.142. The summed E-state index contributed by atoms with van der Waals surface area (Å²) in [5.41, 5.74) is 2.56. The van der Waals surface area contributed by atoms with Gasteiger partial charge in [-0.15, -0.1) is 0 Å². The van der Waals surface area contributed by atoms with E-state index in [0.29, 0.717) is 42.7 Å². The monoisotopic (exact) mass is 562 g/mol. The van der Waals surface area contributed by atoms with Crippen LogP contribution >= 0.6 is 0 Å². The second-order valence-corrected chi connectivity index (χ2v) is 12.1. The van der Waals surface area contributed by atoms with Crippen LogP contribution in [-0.2, 0) is 14.5 Å². The highest BCUT2D eigenvalue weighted by Crippen LogP contribution is 2.18. The number of amides is 2. The Morgan fingerprint density at radius 2 is 2.00 bits per heavy atom. The molecule has 4 rings (SSSR count). The molecule has 1 aromatic carbocycles. The van der Waals surface area contributed by atoms with Crippen LogP contribution in [0.5, 0.6) is 0 Å². The van der Waals surface area contributed by atoms with E-state index in [2.05, 4.69) is 26.5 Å². The van der Waals surface area contributed by atoms with E-state index in [1.165, 1.54) is 31.0 Å². The maximum absolute atomic E-state index is 13.0. The molecular formula is C29H30N4O6S. The fourth-order valence-electron chi connectivity index (χ4n) is 4.42. The molecule has 1 aliphatic heterocycles. The summed E-state index contributed by atoms with van der Waals surface area (Å²) in [6, 6.07) is 9.74. The number of nitrogens with zero attached hydrogens (tertiary/aromatic N) is 3. The lowest BCUT2D eigenvalue weighted by Gasteiger charge is -2.20. The van der Waals surface area contributed by atoms with Gasteiger partial charge in [0.05, 0.1) is 21.6 Å². The van der Waals surface area contributed by atoms with Gasteiger partial charge in [0, 0.05) is 46.8 Å². The number of benzene rings is 1. The number of anilines is 1. The number of likely N-dealkylation sites (tertiary alicyclic amines) is 1. The number of pyridine rings is 1. The van der Waals surface area contributed by atoms with Crippen molar-refractivity contribution in [2.45, 2.75) is 32.2 Å². The Morgan fingerprint density at radius 3 is 2.75 bits per heavy atom. The Kier molecular flexibility index (Phi) is 9.14. The van der Waals surface area contributed by atoms with E-state index < -0.39 is 27.6 Å². The van der Waals surface area contributed by atoms with Gasteiger partial charge in [0.1, 0.15) is 6.04 Å². The predicted molar refractivity (Wildman–Crippen MR) is 151 cm³/mol. The fraction of sp³-hybridized carbons (Fsp3) is 0.310. The SMILES string of the molecule is Cc1ccoc1C(=O)Nc1cccc(C#Cc2cncc(C(=O)N=[S@](C)(=O)CCCN3CCCC3C(=O)O)c2)c1. The summed E-state index contributed by atoms with van der Waals surface area (Å²) in [5.74, 6) is 4.51. The molecule has 1 unspecified atom stereocenters. The van der Waals surface area contributed by atoms with Gasteiger partial charge in [0.15, 0.2) is 5.76 Å². The van der Waals surface area contributed by atoms with E-state index in [4.69, 9.17) is 4.42 Å². The predicted octanol–water partition coefficient (Wildman–Crippen LogP) is 3.81. The number of carboxylic acids is 1. The lowest BCUT2D eigenvalue weighted by atomic mass is 10.1. The molecule has 3 heterocycles. The van der Waals surface area contributed by atoms with Crippen LogP contribution in [0.1, 0.15) is 56.9 Å². The second-order valence-electron chi connectivity index (χ2n) is 9.63. The number of aryl methyl sites for hydroxylation is 1. The molecule has 11 heteroatoms. The molecule has 0 radical (unpaired) electrons. The summed E-state index contributed by atoms with van der Waals surface area (Å²) in [6.45, 7) is 2.97. The van der Waals surface area contributed by atoms with Gasteiger partial charge in [0.2, 0.25) is 0 Å². The van der Waals surface area contributed by atoms with E-state index in [-0.39, 0.29) is 23.0 Å². The van der Waals surface area contributed by atoms with Crippen molar-refractivity contribution in [2.75, 3.05) is 30.4 Å². The zero-order valence-electron chi connectivity index (χ0n) is 22.3. The molecule has 1 fully saturated rings. The van der Waals surface area contributed by atoms with Gasteiger partial charge in [-0.05, 0) is 69.6 Å². The number of nitrogens with one attached hydrogen (secondary N) is 1. The molecule has 2 atom stereocenters. The van der Waals surface area contributed by atoms with E-state index in [9.17, 15) is 23.7 Å². The highest BCUT2D eigenvalue weighted by atomic mass is 32.2. The van der Waals surface area contributed by atoms with E-state index >= 15 is 0 Å². The Morgan fingerprint density at radius 1 is 1.20 bits per heavy atom. The van der Waals surface area contributed by atoms with Crippen molar-refractivity contribution in [3.8, 4) is 11.8 Å². The summed E-state index contributed by atoms with van der Waals surface area (Å²) in [5, 5.41) is 12.1. The Labute approximate surface area is 233 Å². The van der Waals surface area contributed by atoms with Crippen LogP contribution < -0.4 is 5.32 Å². The molecule has 2 N–H and O–H groups in total. The smallest absolute Gasteiger partial charge is 0.320 e. The zero-order valence-corrected chi connectivity index (χ0v) is 23.1. The van der Waals surface area contributed by atoms with Crippen molar-refractivity contribution in [3.63, 3.8) is 0 Å². The Balaban J connectivity index is 1.39. The van der Waals surface area contributed by atoms with E-state index in [1.54, 1.807) is 37.3 Å². The molecule has 10 nitrogen and oxygen atoms in total. The van der Waals surface area contributed by atoms with Crippen LogP contribution in [0.25, 0.3) is 0 Å². The van der Waals surface area contributed by atoms with Crippen LogP contribution in [0.3, 0.4) is 0 Å². The minimum absolute atomic E-state index is 0.168. The van der Waals surface area contributed by atoms with Crippen LogP contribution in [0.2, 0.25) is 0 Å². The van der Waals surface area contributed by atoms with Crippen LogP contribution in [-0.4, -0.2) is 68.1 Å². The van der Waals surface area contributed by atoms with Gasteiger partial charge in [-0.25, -0.2) is 4.21 Å². The number of hydrogen-bond acceptors (Lipinski definition) is 7. The minimum atomic E-state index is -2.81. The molecule has 1 aliphatic rings. The van der Waals surface area contributed by atoms with Crippen molar-refractivity contribution in [3.05, 3.63) is 83.1 Å². The molecule has 208 valence electrons. The number of furan rings is 1. The molecule has 0 saturated carbocycles. The minimum Gasteiger partial charge on any atom is -0.480 e. The van der Waals surface area contributed by atoms with Crippen molar-refractivity contribution in [2.24, 2.45) is 4.36 Å². The summed E-state index contributed by atoms with van der Waals surface area (Å²) in [7, 11) is -2.81. The maximum atomic E-state index is 13.0. The maximum Gasteiger partial charge on any atom is 0.320 e. The van der Waals surface area contributed by atoms with Crippen LogP contribution in [0, 0.1) is 18.8 Å². The number of carbonyl (C=O) groups excluding carboxylic acids is 2. The van der Waals surface area contributed by atoms with Gasteiger partial charge in [-0.3, -0.25) is 24.3 Å². The first kappa shape index (κ1) is 28.7. The van der Waals surface area contributed by atoms with Crippen molar-refractivity contribution >= 4 is 33.2 Å². The summed E-state index contributed by atoms with van der Waals surface area (Å²) in [4.78, 5) is 42.4. The van der Waals surface area contributed by atoms with E-state index in [0.717, 1.165) is 12.0 Å². The Bertz CT molecular complexity index is 1610. The second kappa shape index (κ2) is 12.7. The highest BCUT2D eigenvalue weighted by molar-refractivity contribution is 7.93. The lowest BCUT2D eigenvalue weighted by Crippen LogP contribution is -2.37. The van der Waals surface area contributed by atoms with Crippen molar-refractivity contribution in [1.29, 1.82) is 0 Å². The molecule has 0 bridgehead atoms. The first-order chi connectivity index (χ1) is 19.1. The van der Waals surface area contributed by atoms with Crippen molar-refractivity contribution < 1.29 is 28.1 Å². The normalized spacial score (nSPS) is 16.4. The standard InChI is InChI=1S/C29H30N4O6S/c1-20-11-14-39-26(20)28(35)31-24-7-3-6-21(17-24)9-10-22-16-23(19-30-18-22)27(34)32-40(2,38)15-5-13-33-12-4-8-25(33)29(36)37/h3,6-7,11,14,16-19,25H,4-5,8,12-13,15H2,1-2H3,(H,31,35)(H,36,37)/t25?,40-/m1/s1. The third-order valence-corrected chi connectivity index (χ3v) is 8.02. The molecule has 0 spiro atoms. The topological polar surface area (TPSA) is 142 Å². The summed E-state index contributed by atoms with van der Waals surface area (Å²) < 4.78 is 22.1. The number of aliphatic carboxylic acids is 1. The average molecular weight is 563 g/mol. The number of hydrogen-bond donors (Lipinski definition) is 2. The highest BCUT2D eigenvalue weighted by Gasteiger charge is 2.29. The summed E-state index contributed by atoms with van der Waals surface area (Å²) in [6.07, 6.45) is 7.65. The molecule has 3 aromatic rings. The first-order valence-electron chi connectivity index (χ1n) is 12.7. The Hall–Kier alpha value is -4.27. The van der Waals surface area contributed by atoms with Gasteiger partial charge in [-0.2, -0.15) is 4.36 Å². The van der Waals surface area contributed by atoms with Crippen LogP contribution in [0.4, 0.5) is 5.69 Å². The quantitative estimate of drug-likeness (QED) is 0.395. The average Bonchev–Trinajstić information content (AvgIpc) is 3.56. The largest absolute Gasteiger partial charge is 0.480 e. The zero-order chi connectivity index (χ0) is 28.7. The van der Waals surface area contributed by atoms with Gasteiger partial charge >= 0.3 is 5.97 Å². The molecule has 1 saturated heterocycles.